The SMILES string of the molecule is C=CCCc1ccc(OC(C)=O)cc1. The Bertz CT molecular complexity index is 312. The van der Waals surface area contributed by atoms with Crippen LogP contribution in [0.15, 0.2) is 36.9 Å². The molecule has 0 aliphatic heterocycles. The number of esters is 1. The second-order valence-corrected chi connectivity index (χ2v) is 3.06. The number of carbonyl (C=O) groups excluding carboxylic acids is 1. The summed E-state index contributed by atoms with van der Waals surface area (Å²) >= 11 is 0. The first-order valence-corrected chi connectivity index (χ1v) is 4.60. The van der Waals surface area contributed by atoms with Gasteiger partial charge in [-0.15, -0.1) is 6.58 Å². The lowest BCUT2D eigenvalue weighted by Crippen LogP contribution is -2.01. The van der Waals surface area contributed by atoms with Crippen LogP contribution in [0.1, 0.15) is 18.9 Å². The van der Waals surface area contributed by atoms with Crippen molar-refractivity contribution >= 4 is 5.97 Å². The van der Waals surface area contributed by atoms with Gasteiger partial charge in [-0.25, -0.2) is 0 Å². The summed E-state index contributed by atoms with van der Waals surface area (Å²) in [7, 11) is 0. The fraction of sp³-hybridized carbons (Fsp3) is 0.250. The molecule has 1 rings (SSSR count). The predicted molar refractivity (Wildman–Crippen MR) is 56.3 cm³/mol. The molecule has 0 unspecified atom stereocenters. The smallest absolute Gasteiger partial charge is 0.308 e. The summed E-state index contributed by atoms with van der Waals surface area (Å²) in [6, 6.07) is 7.53. The average Bonchev–Trinajstić information content (AvgIpc) is 2.16. The summed E-state index contributed by atoms with van der Waals surface area (Å²) in [5.41, 5.74) is 1.22. The van der Waals surface area contributed by atoms with Crippen LogP contribution in [0.25, 0.3) is 0 Å². The summed E-state index contributed by atoms with van der Waals surface area (Å²) in [6.07, 6.45) is 3.83. The Labute approximate surface area is 84.2 Å². The lowest BCUT2D eigenvalue weighted by Gasteiger charge is -2.02. The molecular weight excluding hydrogens is 176 g/mol. The number of rotatable bonds is 4. The van der Waals surface area contributed by atoms with Crippen LogP contribution in [-0.4, -0.2) is 5.97 Å². The highest BCUT2D eigenvalue weighted by atomic mass is 16.5. The van der Waals surface area contributed by atoms with Crippen LogP contribution >= 0.6 is 0 Å². The van der Waals surface area contributed by atoms with Crippen LogP contribution in [0.3, 0.4) is 0 Å². The summed E-state index contributed by atoms with van der Waals surface area (Å²) in [6.45, 7) is 5.06. The lowest BCUT2D eigenvalue weighted by atomic mass is 10.1. The van der Waals surface area contributed by atoms with Crippen LogP contribution in [-0.2, 0) is 11.2 Å². The van der Waals surface area contributed by atoms with Crippen LogP contribution in [0.4, 0.5) is 0 Å². The molecule has 0 aliphatic rings. The van der Waals surface area contributed by atoms with Crippen molar-refractivity contribution in [2.75, 3.05) is 0 Å². The van der Waals surface area contributed by atoms with Gasteiger partial charge in [-0.05, 0) is 30.5 Å². The Morgan fingerprint density at radius 1 is 1.43 bits per heavy atom. The van der Waals surface area contributed by atoms with E-state index in [2.05, 4.69) is 6.58 Å². The van der Waals surface area contributed by atoms with E-state index in [1.807, 2.05) is 18.2 Å². The molecule has 0 spiro atoms. The Morgan fingerprint density at radius 2 is 2.07 bits per heavy atom. The first-order valence-electron chi connectivity index (χ1n) is 4.60. The Kier molecular flexibility index (Phi) is 3.92. The molecule has 1 aromatic rings. The van der Waals surface area contributed by atoms with E-state index in [1.54, 1.807) is 12.1 Å². The fourth-order valence-corrected chi connectivity index (χ4v) is 1.16. The van der Waals surface area contributed by atoms with Gasteiger partial charge in [0.25, 0.3) is 0 Å². The second-order valence-electron chi connectivity index (χ2n) is 3.06. The molecule has 14 heavy (non-hydrogen) atoms. The monoisotopic (exact) mass is 190 g/mol. The zero-order valence-corrected chi connectivity index (χ0v) is 8.32. The molecule has 0 aliphatic carbocycles. The van der Waals surface area contributed by atoms with Gasteiger partial charge in [0, 0.05) is 6.92 Å². The van der Waals surface area contributed by atoms with Crippen molar-refractivity contribution in [3.63, 3.8) is 0 Å². The number of carbonyl (C=O) groups is 1. The molecular formula is C12H14O2. The van der Waals surface area contributed by atoms with Crippen molar-refractivity contribution < 1.29 is 9.53 Å². The summed E-state index contributed by atoms with van der Waals surface area (Å²) in [4.78, 5) is 10.6. The van der Waals surface area contributed by atoms with Gasteiger partial charge in [-0.1, -0.05) is 18.2 Å². The van der Waals surface area contributed by atoms with E-state index in [1.165, 1.54) is 12.5 Å². The molecule has 0 heterocycles. The molecule has 0 saturated heterocycles. The van der Waals surface area contributed by atoms with Gasteiger partial charge in [0.1, 0.15) is 5.75 Å². The quantitative estimate of drug-likeness (QED) is 0.414. The highest BCUT2D eigenvalue weighted by Gasteiger charge is 1.97. The second kappa shape index (κ2) is 5.22. The maximum atomic E-state index is 10.6. The Balaban J connectivity index is 2.58. The van der Waals surface area contributed by atoms with E-state index in [0.29, 0.717) is 5.75 Å². The van der Waals surface area contributed by atoms with Crippen LogP contribution in [0.2, 0.25) is 0 Å². The minimum Gasteiger partial charge on any atom is -0.427 e. The summed E-state index contributed by atoms with van der Waals surface area (Å²) in [5, 5.41) is 0. The highest BCUT2D eigenvalue weighted by molar-refractivity contribution is 5.69. The zero-order valence-electron chi connectivity index (χ0n) is 8.32. The Morgan fingerprint density at radius 3 is 2.57 bits per heavy atom. The van der Waals surface area contributed by atoms with Crippen molar-refractivity contribution in [1.82, 2.24) is 0 Å². The average molecular weight is 190 g/mol. The number of ether oxygens (including phenoxy) is 1. The number of allylic oxidation sites excluding steroid dienone is 1. The fourth-order valence-electron chi connectivity index (χ4n) is 1.16. The predicted octanol–water partition coefficient (Wildman–Crippen LogP) is 2.73. The van der Waals surface area contributed by atoms with Gasteiger partial charge in [0.15, 0.2) is 0 Å². The number of benzene rings is 1. The van der Waals surface area contributed by atoms with Crippen LogP contribution in [0, 0.1) is 0 Å². The van der Waals surface area contributed by atoms with Crippen molar-refractivity contribution in [1.29, 1.82) is 0 Å². The van der Waals surface area contributed by atoms with Crippen molar-refractivity contribution in [2.45, 2.75) is 19.8 Å². The lowest BCUT2D eigenvalue weighted by molar-refractivity contribution is -0.131. The molecule has 0 fully saturated rings. The number of hydrogen-bond acceptors (Lipinski definition) is 2. The molecule has 0 bridgehead atoms. The zero-order chi connectivity index (χ0) is 10.4. The third kappa shape index (κ3) is 3.44. The molecule has 0 saturated carbocycles. The minimum atomic E-state index is -0.288. The van der Waals surface area contributed by atoms with Gasteiger partial charge < -0.3 is 4.74 Å². The topological polar surface area (TPSA) is 26.3 Å². The molecule has 2 nitrogen and oxygen atoms in total. The van der Waals surface area contributed by atoms with Crippen LogP contribution in [0.5, 0.6) is 5.75 Å². The molecule has 0 aromatic heterocycles. The molecule has 0 atom stereocenters. The number of aryl methyl sites for hydroxylation is 1. The minimum absolute atomic E-state index is 0.288. The maximum absolute atomic E-state index is 10.6. The van der Waals surface area contributed by atoms with E-state index in [9.17, 15) is 4.79 Å². The van der Waals surface area contributed by atoms with E-state index in [0.717, 1.165) is 12.8 Å². The maximum Gasteiger partial charge on any atom is 0.308 e. The van der Waals surface area contributed by atoms with E-state index in [-0.39, 0.29) is 5.97 Å². The molecule has 2 heteroatoms. The van der Waals surface area contributed by atoms with E-state index < -0.39 is 0 Å². The van der Waals surface area contributed by atoms with Gasteiger partial charge in [-0.2, -0.15) is 0 Å². The third-order valence-electron chi connectivity index (χ3n) is 1.82. The largest absolute Gasteiger partial charge is 0.427 e. The molecule has 0 radical (unpaired) electrons. The van der Waals surface area contributed by atoms with Crippen molar-refractivity contribution in [3.8, 4) is 5.75 Å². The Hall–Kier alpha value is -1.57. The van der Waals surface area contributed by atoms with Crippen LogP contribution < -0.4 is 4.74 Å². The molecule has 74 valence electrons. The summed E-state index contributed by atoms with van der Waals surface area (Å²) in [5.74, 6) is 0.309. The molecule has 0 N–H and O–H groups in total. The van der Waals surface area contributed by atoms with Gasteiger partial charge in [-0.3, -0.25) is 4.79 Å². The highest BCUT2D eigenvalue weighted by Crippen LogP contribution is 2.13. The normalized spacial score (nSPS) is 9.50. The number of hydrogen-bond donors (Lipinski definition) is 0. The first-order chi connectivity index (χ1) is 6.72. The van der Waals surface area contributed by atoms with Crippen molar-refractivity contribution in [3.05, 3.63) is 42.5 Å². The van der Waals surface area contributed by atoms with E-state index >= 15 is 0 Å². The standard InChI is InChI=1S/C12H14O2/c1-3-4-5-11-6-8-12(9-7-11)14-10(2)13/h3,6-9H,1,4-5H2,2H3. The third-order valence-corrected chi connectivity index (χ3v) is 1.82. The van der Waals surface area contributed by atoms with Gasteiger partial charge in [0.2, 0.25) is 0 Å². The van der Waals surface area contributed by atoms with Gasteiger partial charge in [0.05, 0.1) is 0 Å². The van der Waals surface area contributed by atoms with Crippen molar-refractivity contribution in [2.24, 2.45) is 0 Å². The molecule has 0 amide bonds. The van der Waals surface area contributed by atoms with Gasteiger partial charge >= 0.3 is 5.97 Å². The summed E-state index contributed by atoms with van der Waals surface area (Å²) < 4.78 is 4.91. The first kappa shape index (κ1) is 10.5. The van der Waals surface area contributed by atoms with E-state index in [4.69, 9.17) is 4.74 Å². The molecule has 1 aromatic carbocycles.